The molecule has 1 saturated heterocycles. The number of hydrogen-bond acceptors (Lipinski definition) is 2. The molecule has 0 radical (unpaired) electrons. The van der Waals surface area contributed by atoms with Crippen LogP contribution in [0.4, 0.5) is 0 Å². The van der Waals surface area contributed by atoms with E-state index in [0.29, 0.717) is 0 Å². The zero-order valence-corrected chi connectivity index (χ0v) is 22.0. The molecule has 5 rings (SSSR count). The van der Waals surface area contributed by atoms with Gasteiger partial charge in [0.15, 0.2) is 8.32 Å². The first kappa shape index (κ1) is 23.7. The molecule has 4 aromatic rings. The third-order valence-electron chi connectivity index (χ3n) is 6.84. The van der Waals surface area contributed by atoms with Crippen LogP contribution in [0, 0.1) is 0 Å². The normalized spacial score (nSPS) is 16.4. The largest absolute Gasteiger partial charge is 0.403 e. The van der Waals surface area contributed by atoms with E-state index >= 15 is 0 Å². The van der Waals surface area contributed by atoms with E-state index in [1.807, 2.05) is 0 Å². The first-order chi connectivity index (χ1) is 17.0. The van der Waals surface area contributed by atoms with E-state index in [1.165, 1.54) is 33.4 Å². The zero-order chi connectivity index (χ0) is 24.3. The molecule has 0 saturated carbocycles. The summed E-state index contributed by atoms with van der Waals surface area (Å²) in [5, 5.41) is 3.87. The molecule has 4 aromatic carbocycles. The van der Waals surface area contributed by atoms with Crippen molar-refractivity contribution >= 4 is 8.32 Å². The first-order valence-electron chi connectivity index (χ1n) is 12.7. The van der Waals surface area contributed by atoms with E-state index in [4.69, 9.17) is 4.43 Å². The van der Waals surface area contributed by atoms with Crippen molar-refractivity contribution in [2.24, 2.45) is 0 Å². The van der Waals surface area contributed by atoms with Crippen LogP contribution in [0.3, 0.4) is 0 Å². The van der Waals surface area contributed by atoms with E-state index < -0.39 is 13.9 Å². The van der Waals surface area contributed by atoms with Crippen LogP contribution in [0.5, 0.6) is 0 Å². The van der Waals surface area contributed by atoms with Gasteiger partial charge in [-0.25, -0.2) is 0 Å². The summed E-state index contributed by atoms with van der Waals surface area (Å²) in [6, 6.07) is 39.4. The predicted molar refractivity (Wildman–Crippen MR) is 150 cm³/mol. The minimum Gasteiger partial charge on any atom is -0.403 e. The first-order valence-corrected chi connectivity index (χ1v) is 16.1. The van der Waals surface area contributed by atoms with Gasteiger partial charge < -0.3 is 9.74 Å². The second kappa shape index (κ2) is 9.94. The van der Waals surface area contributed by atoms with Gasteiger partial charge in [0.1, 0.15) is 5.60 Å². The molecule has 2 nitrogen and oxygen atoms in total. The van der Waals surface area contributed by atoms with Gasteiger partial charge in [0.25, 0.3) is 0 Å². The maximum absolute atomic E-state index is 7.48. The Morgan fingerprint density at radius 2 is 1.11 bits per heavy atom. The maximum Gasteiger partial charge on any atom is 0.185 e. The summed E-state index contributed by atoms with van der Waals surface area (Å²) in [6.45, 7) is 7.95. The maximum atomic E-state index is 7.48. The Morgan fingerprint density at radius 1 is 0.657 bits per heavy atom. The molecule has 0 aromatic heterocycles. The second-order valence-corrected chi connectivity index (χ2v) is 14.9. The molecule has 0 spiro atoms. The van der Waals surface area contributed by atoms with Gasteiger partial charge in [-0.2, -0.15) is 0 Å². The molecule has 1 unspecified atom stereocenters. The van der Waals surface area contributed by atoms with Gasteiger partial charge in [0.2, 0.25) is 0 Å². The van der Waals surface area contributed by atoms with Crippen LogP contribution in [-0.4, -0.2) is 20.9 Å². The summed E-state index contributed by atoms with van der Waals surface area (Å²) < 4.78 is 7.48. The Balaban J connectivity index is 1.86. The zero-order valence-electron chi connectivity index (χ0n) is 21.0. The van der Waals surface area contributed by atoms with Gasteiger partial charge >= 0.3 is 0 Å². The number of benzene rings is 4. The summed E-state index contributed by atoms with van der Waals surface area (Å²) in [7, 11) is -2.01. The Bertz CT molecular complexity index is 1170. The van der Waals surface area contributed by atoms with Crippen LogP contribution in [-0.2, 0) is 10.0 Å². The molecule has 0 bridgehead atoms. The number of nitrogens with one attached hydrogen (secondary N) is 1. The summed E-state index contributed by atoms with van der Waals surface area (Å²) >= 11 is 0. The highest BCUT2D eigenvalue weighted by atomic mass is 28.4. The van der Waals surface area contributed by atoms with Crippen LogP contribution in [0.2, 0.25) is 19.6 Å². The lowest BCUT2D eigenvalue weighted by atomic mass is 9.74. The molecule has 1 atom stereocenters. The van der Waals surface area contributed by atoms with Gasteiger partial charge in [-0.15, -0.1) is 0 Å². The standard InChI is InChI=1S/C32H35NOSi/c1-35(2,3)34-32(31-23-14-24-33-31,29-21-12-10-19-27(29)25-15-6-4-7-16-25)30-22-13-11-20-28(30)26-17-8-5-9-18-26/h4-13,15-22,31,33H,14,23-24H2,1-3H3. The second-order valence-electron chi connectivity index (χ2n) is 10.4. The Hall–Kier alpha value is -2.98. The fourth-order valence-electron chi connectivity index (χ4n) is 5.57. The van der Waals surface area contributed by atoms with Crippen molar-refractivity contribution < 1.29 is 4.43 Å². The van der Waals surface area contributed by atoms with Crippen LogP contribution in [0.25, 0.3) is 22.3 Å². The molecule has 1 aliphatic heterocycles. The molecular formula is C32H35NOSi. The summed E-state index contributed by atoms with van der Waals surface area (Å²) in [4.78, 5) is 0. The van der Waals surface area contributed by atoms with E-state index in [0.717, 1.165) is 19.4 Å². The average Bonchev–Trinajstić information content (AvgIpc) is 3.44. The molecule has 0 amide bonds. The predicted octanol–water partition coefficient (Wildman–Crippen LogP) is 7.87. The lowest BCUT2D eigenvalue weighted by Gasteiger charge is -2.46. The lowest BCUT2D eigenvalue weighted by molar-refractivity contribution is 0.0650. The van der Waals surface area contributed by atoms with E-state index in [1.54, 1.807) is 0 Å². The van der Waals surface area contributed by atoms with Crippen LogP contribution < -0.4 is 5.32 Å². The van der Waals surface area contributed by atoms with Crippen molar-refractivity contribution in [2.45, 2.75) is 44.1 Å². The Morgan fingerprint density at radius 3 is 1.54 bits per heavy atom. The van der Waals surface area contributed by atoms with Crippen LogP contribution in [0.1, 0.15) is 24.0 Å². The molecule has 1 aliphatic rings. The Labute approximate surface area is 211 Å². The molecule has 3 heteroatoms. The fourth-order valence-corrected chi connectivity index (χ4v) is 6.90. The van der Waals surface area contributed by atoms with E-state index in [2.05, 4.69) is 134 Å². The van der Waals surface area contributed by atoms with E-state index in [-0.39, 0.29) is 6.04 Å². The molecule has 35 heavy (non-hydrogen) atoms. The summed E-state index contributed by atoms with van der Waals surface area (Å²) in [6.07, 6.45) is 2.24. The molecule has 1 fully saturated rings. The smallest absolute Gasteiger partial charge is 0.185 e. The third-order valence-corrected chi connectivity index (χ3v) is 7.78. The van der Waals surface area contributed by atoms with Gasteiger partial charge in [0, 0.05) is 6.04 Å². The van der Waals surface area contributed by atoms with E-state index in [9.17, 15) is 0 Å². The fraction of sp³-hybridized carbons (Fsp3) is 0.250. The minimum absolute atomic E-state index is 0.184. The van der Waals surface area contributed by atoms with Crippen molar-refractivity contribution in [3.8, 4) is 22.3 Å². The molecular weight excluding hydrogens is 442 g/mol. The van der Waals surface area contributed by atoms with Crippen molar-refractivity contribution in [1.82, 2.24) is 5.32 Å². The summed E-state index contributed by atoms with van der Waals surface area (Å²) in [5.41, 5.74) is 6.81. The SMILES string of the molecule is C[Si](C)(C)OC(c1ccccc1-c1ccccc1)(c1ccccc1-c1ccccc1)C1CCCN1. The van der Waals surface area contributed by atoms with Gasteiger partial charge in [-0.3, -0.25) is 0 Å². The lowest BCUT2D eigenvalue weighted by Crippen LogP contribution is -2.53. The number of rotatable bonds is 7. The van der Waals surface area contributed by atoms with Crippen LogP contribution >= 0.6 is 0 Å². The van der Waals surface area contributed by atoms with Gasteiger partial charge in [-0.1, -0.05) is 109 Å². The Kier molecular flexibility index (Phi) is 6.75. The molecule has 1 N–H and O–H groups in total. The quantitative estimate of drug-likeness (QED) is 0.273. The highest BCUT2D eigenvalue weighted by Crippen LogP contribution is 2.48. The van der Waals surface area contributed by atoms with Crippen molar-refractivity contribution in [3.63, 3.8) is 0 Å². The van der Waals surface area contributed by atoms with Gasteiger partial charge in [-0.05, 0) is 72.4 Å². The minimum atomic E-state index is -2.01. The third kappa shape index (κ3) is 4.77. The molecule has 178 valence electrons. The topological polar surface area (TPSA) is 21.3 Å². The van der Waals surface area contributed by atoms with Crippen molar-refractivity contribution in [2.75, 3.05) is 6.54 Å². The monoisotopic (exact) mass is 477 g/mol. The summed E-state index contributed by atoms with van der Waals surface area (Å²) in [5.74, 6) is 0. The highest BCUT2D eigenvalue weighted by Gasteiger charge is 2.49. The average molecular weight is 478 g/mol. The van der Waals surface area contributed by atoms with Crippen molar-refractivity contribution in [1.29, 1.82) is 0 Å². The van der Waals surface area contributed by atoms with Crippen molar-refractivity contribution in [3.05, 3.63) is 120 Å². The number of hydrogen-bond donors (Lipinski definition) is 1. The highest BCUT2D eigenvalue weighted by molar-refractivity contribution is 6.69. The van der Waals surface area contributed by atoms with Crippen LogP contribution in [0.15, 0.2) is 109 Å². The molecule has 0 aliphatic carbocycles. The van der Waals surface area contributed by atoms with Gasteiger partial charge in [0.05, 0.1) is 0 Å². The molecule has 1 heterocycles.